The van der Waals surface area contributed by atoms with Crippen LogP contribution < -0.4 is 0 Å². The quantitative estimate of drug-likeness (QED) is 0.0862. The van der Waals surface area contributed by atoms with Crippen molar-refractivity contribution in [1.82, 2.24) is 9.91 Å². The first-order valence-corrected chi connectivity index (χ1v) is 21.7. The normalized spacial score (nSPS) is 21.7. The summed E-state index contributed by atoms with van der Waals surface area (Å²) in [5, 5.41) is 6.70. The van der Waals surface area contributed by atoms with Crippen LogP contribution in [-0.2, 0) is 19.0 Å². The summed E-state index contributed by atoms with van der Waals surface area (Å²) in [6.45, 7) is 19.0. The maximum Gasteiger partial charge on any atom is 0.330 e. The average molecular weight is 563 g/mol. The second-order valence-corrected chi connectivity index (χ2v) is 24.2. The summed E-state index contributed by atoms with van der Waals surface area (Å²) in [7, 11) is -2.34. The fourth-order valence-electron chi connectivity index (χ4n) is 4.65. The zero-order chi connectivity index (χ0) is 27.8. The maximum atomic E-state index is 11.9. The molecule has 3 rings (SSSR count). The van der Waals surface area contributed by atoms with Crippen molar-refractivity contribution in [3.63, 3.8) is 0 Å². The van der Waals surface area contributed by atoms with Crippen LogP contribution in [0, 0.1) is 5.92 Å². The molecule has 1 aliphatic carbocycles. The molecule has 0 amide bonds. The van der Waals surface area contributed by atoms with Crippen LogP contribution in [0.3, 0.4) is 0 Å². The van der Waals surface area contributed by atoms with Crippen LogP contribution in [-0.4, -0.2) is 83.4 Å². The minimum absolute atomic E-state index is 0.00654. The predicted molar refractivity (Wildman–Crippen MR) is 161 cm³/mol. The van der Waals surface area contributed by atoms with Gasteiger partial charge in [-0.3, -0.25) is 4.99 Å². The number of hydrogen-bond acceptors (Lipinski definition) is 8. The Morgan fingerprint density at radius 2 is 1.66 bits per heavy atom. The molecule has 2 aliphatic heterocycles. The molecular weight excluding hydrogens is 513 g/mol. The van der Waals surface area contributed by atoms with Gasteiger partial charge in [-0.2, -0.15) is 5.10 Å². The Morgan fingerprint density at radius 1 is 1.05 bits per heavy atom. The largest absolute Gasteiger partial charge is 0.463 e. The van der Waals surface area contributed by atoms with Crippen LogP contribution in [0.4, 0.5) is 0 Å². The van der Waals surface area contributed by atoms with Gasteiger partial charge in [-0.05, 0) is 44.7 Å². The van der Waals surface area contributed by atoms with E-state index in [0.717, 1.165) is 68.9 Å². The molecule has 0 bridgehead atoms. The second-order valence-electron chi connectivity index (χ2n) is 13.0. The summed E-state index contributed by atoms with van der Waals surface area (Å²) in [5.41, 5.74) is 2.32. The number of esters is 1. The molecule has 1 fully saturated rings. The smallest absolute Gasteiger partial charge is 0.330 e. The highest BCUT2D eigenvalue weighted by atomic mass is 28.3. The van der Waals surface area contributed by atoms with Gasteiger partial charge in [0, 0.05) is 65.8 Å². The molecule has 1 unspecified atom stereocenters. The van der Waals surface area contributed by atoms with Crippen LogP contribution in [0.2, 0.25) is 51.4 Å². The summed E-state index contributed by atoms with van der Waals surface area (Å²) >= 11 is 0. The van der Waals surface area contributed by atoms with E-state index in [2.05, 4.69) is 55.4 Å². The number of fused-ring (bicyclic) bond motifs is 1. The fraction of sp³-hybridized carbons (Fsp3) is 0.750. The van der Waals surface area contributed by atoms with Crippen molar-refractivity contribution in [3.8, 4) is 0 Å². The number of ether oxygens (including phenoxy) is 3. The summed E-state index contributed by atoms with van der Waals surface area (Å²) in [5.74, 6) is 1.16. The molecule has 0 radical (unpaired) electrons. The van der Waals surface area contributed by atoms with E-state index in [1.165, 1.54) is 5.57 Å². The number of hydrogen-bond donors (Lipinski definition) is 0. The zero-order valence-electron chi connectivity index (χ0n) is 24.8. The Bertz CT molecular complexity index is 889. The zero-order valence-corrected chi connectivity index (χ0v) is 26.8. The summed E-state index contributed by atoms with van der Waals surface area (Å²) in [6, 6.07) is 2.27. The van der Waals surface area contributed by atoms with Crippen molar-refractivity contribution in [2.45, 2.75) is 96.6 Å². The first kappa shape index (κ1) is 30.8. The summed E-state index contributed by atoms with van der Waals surface area (Å²) in [4.78, 5) is 19.2. The average Bonchev–Trinajstić information content (AvgIpc) is 3.31. The molecule has 0 saturated heterocycles. The molecule has 38 heavy (non-hydrogen) atoms. The van der Waals surface area contributed by atoms with Crippen molar-refractivity contribution in [1.29, 1.82) is 0 Å². The highest BCUT2D eigenvalue weighted by Crippen LogP contribution is 2.34. The highest BCUT2D eigenvalue weighted by Gasteiger charge is 2.34. The Labute approximate surface area is 232 Å². The lowest BCUT2D eigenvalue weighted by Gasteiger charge is -2.37. The molecule has 10 heteroatoms. The van der Waals surface area contributed by atoms with Crippen LogP contribution in [0.25, 0.3) is 0 Å². The Morgan fingerprint density at radius 3 is 2.21 bits per heavy atom. The fourth-order valence-corrected chi connectivity index (χ4v) is 6.16. The van der Waals surface area contributed by atoms with Gasteiger partial charge in [-0.15, -0.1) is 0 Å². The molecule has 0 spiro atoms. The van der Waals surface area contributed by atoms with Crippen molar-refractivity contribution in [3.05, 3.63) is 23.5 Å². The van der Waals surface area contributed by atoms with Gasteiger partial charge in [-0.1, -0.05) is 44.9 Å². The molecule has 0 aromatic heterocycles. The predicted octanol–water partition coefficient (Wildman–Crippen LogP) is 5.91. The van der Waals surface area contributed by atoms with E-state index in [4.69, 9.17) is 19.2 Å². The molecule has 1 atom stereocenters. The van der Waals surface area contributed by atoms with Crippen LogP contribution in [0.5, 0.6) is 0 Å². The number of carbonyl (C=O) groups is 1. The topological polar surface area (TPSA) is 76.0 Å². The molecule has 0 N–H and O–H groups in total. The van der Waals surface area contributed by atoms with Crippen molar-refractivity contribution < 1.29 is 19.0 Å². The number of aliphatic imine (C=N–C) groups is 1. The Balaban J connectivity index is 1.71. The standard InChI is InChI=1S/C28H50N4O4Si2/c1-8-36-28(33)19-23-9-11-24(12-10-23)25-20-27(32-26(30-25)13-14-29-32)31(21-34-15-17-37(2,3)4)22-35-16-18-38(5,6)7/h14,19-20,24,26H,8-13,15-18,21-22H2,1-7H3. The van der Waals surface area contributed by atoms with E-state index in [0.29, 0.717) is 26.0 Å². The van der Waals surface area contributed by atoms with Crippen molar-refractivity contribution in [2.24, 2.45) is 16.0 Å². The lowest BCUT2D eigenvalue weighted by atomic mass is 9.82. The maximum absolute atomic E-state index is 11.9. The molecule has 3 aliphatic rings. The van der Waals surface area contributed by atoms with Gasteiger partial charge in [0.2, 0.25) is 0 Å². The minimum atomic E-state index is -1.17. The lowest BCUT2D eigenvalue weighted by Crippen LogP contribution is -2.42. The third kappa shape index (κ3) is 10.1. The van der Waals surface area contributed by atoms with E-state index < -0.39 is 16.1 Å². The van der Waals surface area contributed by atoms with E-state index >= 15 is 0 Å². The number of carbonyl (C=O) groups excluding carboxylic acids is 1. The van der Waals surface area contributed by atoms with Gasteiger partial charge in [0.1, 0.15) is 25.4 Å². The van der Waals surface area contributed by atoms with E-state index in [1.54, 1.807) is 6.08 Å². The highest BCUT2D eigenvalue weighted by molar-refractivity contribution is 6.76. The number of rotatable bonds is 14. The summed E-state index contributed by atoms with van der Waals surface area (Å²) < 4.78 is 17.5. The van der Waals surface area contributed by atoms with Crippen molar-refractivity contribution >= 4 is 34.0 Å². The van der Waals surface area contributed by atoms with Crippen LogP contribution in [0.1, 0.15) is 39.0 Å². The van der Waals surface area contributed by atoms with Gasteiger partial charge in [0.25, 0.3) is 0 Å². The first-order valence-electron chi connectivity index (χ1n) is 14.3. The second kappa shape index (κ2) is 14.0. The minimum Gasteiger partial charge on any atom is -0.463 e. The Hall–Kier alpha value is -1.76. The van der Waals surface area contributed by atoms with Crippen LogP contribution in [0.15, 0.2) is 33.6 Å². The number of allylic oxidation sites excluding steroid dienone is 2. The monoisotopic (exact) mass is 562 g/mol. The summed E-state index contributed by atoms with van der Waals surface area (Å²) in [6.07, 6.45) is 10.4. The third-order valence-electron chi connectivity index (χ3n) is 7.08. The molecule has 0 aromatic carbocycles. The molecule has 8 nitrogen and oxygen atoms in total. The van der Waals surface area contributed by atoms with Gasteiger partial charge in [0.15, 0.2) is 0 Å². The van der Waals surface area contributed by atoms with Gasteiger partial charge < -0.3 is 19.1 Å². The molecule has 1 saturated carbocycles. The molecule has 2 heterocycles. The first-order chi connectivity index (χ1) is 17.9. The van der Waals surface area contributed by atoms with Crippen molar-refractivity contribution in [2.75, 3.05) is 33.3 Å². The number of nitrogens with zero attached hydrogens (tertiary/aromatic N) is 4. The molecular formula is C28H50N4O4Si2. The SMILES string of the molecule is CCOC(=O)C=C1CCC(C2=NC3CC=NN3C(N(COCC[Si](C)(C)C)COCC[Si](C)(C)C)=C2)CC1. The van der Waals surface area contributed by atoms with E-state index in [-0.39, 0.29) is 12.1 Å². The van der Waals surface area contributed by atoms with E-state index in [1.807, 2.05) is 18.1 Å². The van der Waals surface area contributed by atoms with Gasteiger partial charge in [0.05, 0.1) is 6.61 Å². The molecule has 214 valence electrons. The Kier molecular flexibility index (Phi) is 11.4. The van der Waals surface area contributed by atoms with E-state index in [9.17, 15) is 4.79 Å². The lowest BCUT2D eigenvalue weighted by molar-refractivity contribution is -0.137. The van der Waals surface area contributed by atoms with Crippen LogP contribution >= 0.6 is 0 Å². The number of hydrazone groups is 1. The molecule has 0 aromatic rings. The van der Waals surface area contributed by atoms with Gasteiger partial charge >= 0.3 is 5.97 Å². The van der Waals surface area contributed by atoms with Gasteiger partial charge in [-0.25, -0.2) is 9.80 Å². The third-order valence-corrected chi connectivity index (χ3v) is 10.5.